The summed E-state index contributed by atoms with van der Waals surface area (Å²) in [4.78, 5) is 0. The third kappa shape index (κ3) is 3.52. The number of hydrogen-bond acceptors (Lipinski definition) is 3. The zero-order valence-electron chi connectivity index (χ0n) is 12.8. The van der Waals surface area contributed by atoms with Crippen molar-refractivity contribution in [3.05, 3.63) is 16.4 Å². The first-order valence-corrected chi connectivity index (χ1v) is 9.29. The smallest absolute Gasteiger partial charge is 0.0850 e. The Bertz CT molecular complexity index is 427. The van der Waals surface area contributed by atoms with Crippen LogP contribution in [0.2, 0.25) is 5.02 Å². The molecule has 1 aromatic heterocycles. The standard InChI is InChI=1S/C15H26ClN3S/c1-4-12-15(16)14(19(6-3)18-12)9-13(17-5-2)11-7-8-20-10-11/h11,13,17H,4-10H2,1-3H3. The fourth-order valence-electron chi connectivity index (χ4n) is 2.96. The van der Waals surface area contributed by atoms with Gasteiger partial charge in [-0.2, -0.15) is 16.9 Å². The summed E-state index contributed by atoms with van der Waals surface area (Å²) in [5.74, 6) is 3.34. The fraction of sp³-hybridized carbons (Fsp3) is 0.800. The van der Waals surface area contributed by atoms with Crippen LogP contribution in [-0.2, 0) is 19.4 Å². The normalized spacial score (nSPS) is 20.5. The Morgan fingerprint density at radius 1 is 1.45 bits per heavy atom. The molecule has 3 nitrogen and oxygen atoms in total. The van der Waals surface area contributed by atoms with Gasteiger partial charge >= 0.3 is 0 Å². The minimum absolute atomic E-state index is 0.527. The first-order chi connectivity index (χ1) is 9.71. The molecule has 2 unspecified atom stereocenters. The third-order valence-electron chi connectivity index (χ3n) is 4.11. The van der Waals surface area contributed by atoms with Crippen molar-refractivity contribution in [3.8, 4) is 0 Å². The van der Waals surface area contributed by atoms with Crippen molar-refractivity contribution in [2.24, 2.45) is 5.92 Å². The molecule has 0 saturated carbocycles. The topological polar surface area (TPSA) is 29.9 Å². The van der Waals surface area contributed by atoms with Gasteiger partial charge in [0.25, 0.3) is 0 Å². The molecule has 2 atom stereocenters. The molecule has 0 radical (unpaired) electrons. The van der Waals surface area contributed by atoms with Crippen LogP contribution in [0, 0.1) is 5.92 Å². The second-order valence-electron chi connectivity index (χ2n) is 5.37. The van der Waals surface area contributed by atoms with E-state index < -0.39 is 0 Å². The molecule has 1 fully saturated rings. The van der Waals surface area contributed by atoms with Gasteiger partial charge in [0.1, 0.15) is 0 Å². The molecule has 0 bridgehead atoms. The highest BCUT2D eigenvalue weighted by atomic mass is 35.5. The van der Waals surface area contributed by atoms with Gasteiger partial charge < -0.3 is 5.32 Å². The van der Waals surface area contributed by atoms with E-state index in [0.29, 0.717) is 6.04 Å². The predicted octanol–water partition coefficient (Wildman–Crippen LogP) is 3.39. The number of aryl methyl sites for hydroxylation is 2. The van der Waals surface area contributed by atoms with Gasteiger partial charge in [-0.3, -0.25) is 4.68 Å². The highest BCUT2D eigenvalue weighted by Crippen LogP contribution is 2.30. The summed E-state index contributed by atoms with van der Waals surface area (Å²) in [6.45, 7) is 8.36. The number of likely N-dealkylation sites (N-methyl/N-ethyl adjacent to an activating group) is 1. The maximum absolute atomic E-state index is 6.54. The maximum Gasteiger partial charge on any atom is 0.0850 e. The summed E-state index contributed by atoms with van der Waals surface area (Å²) >= 11 is 8.62. The Balaban J connectivity index is 2.18. The highest BCUT2D eigenvalue weighted by molar-refractivity contribution is 7.99. The van der Waals surface area contributed by atoms with Gasteiger partial charge in [0, 0.05) is 19.0 Å². The maximum atomic E-state index is 6.54. The molecular formula is C15H26ClN3S. The van der Waals surface area contributed by atoms with Crippen molar-refractivity contribution in [1.29, 1.82) is 0 Å². The van der Waals surface area contributed by atoms with Crippen LogP contribution in [0.3, 0.4) is 0 Å². The molecular weight excluding hydrogens is 290 g/mol. The lowest BCUT2D eigenvalue weighted by Crippen LogP contribution is -2.38. The minimum Gasteiger partial charge on any atom is -0.314 e. The Morgan fingerprint density at radius 3 is 2.80 bits per heavy atom. The van der Waals surface area contributed by atoms with Gasteiger partial charge in [-0.15, -0.1) is 0 Å². The monoisotopic (exact) mass is 315 g/mol. The van der Waals surface area contributed by atoms with Crippen molar-refractivity contribution in [2.45, 2.75) is 52.6 Å². The van der Waals surface area contributed by atoms with Crippen LogP contribution in [0.5, 0.6) is 0 Å². The molecule has 0 amide bonds. The van der Waals surface area contributed by atoms with Crippen molar-refractivity contribution >= 4 is 23.4 Å². The second-order valence-corrected chi connectivity index (χ2v) is 6.90. The number of thioether (sulfide) groups is 1. The van der Waals surface area contributed by atoms with Crippen molar-refractivity contribution in [1.82, 2.24) is 15.1 Å². The van der Waals surface area contributed by atoms with Gasteiger partial charge in [0.2, 0.25) is 0 Å². The second kappa shape index (κ2) is 7.71. The molecule has 0 spiro atoms. The van der Waals surface area contributed by atoms with Crippen molar-refractivity contribution in [2.75, 3.05) is 18.1 Å². The van der Waals surface area contributed by atoms with Crippen LogP contribution >= 0.6 is 23.4 Å². The number of aromatic nitrogens is 2. The van der Waals surface area contributed by atoms with Crippen LogP contribution in [0.25, 0.3) is 0 Å². The zero-order chi connectivity index (χ0) is 14.5. The van der Waals surface area contributed by atoms with Crippen LogP contribution < -0.4 is 5.32 Å². The largest absolute Gasteiger partial charge is 0.314 e. The van der Waals surface area contributed by atoms with E-state index in [0.717, 1.165) is 42.6 Å². The highest BCUT2D eigenvalue weighted by Gasteiger charge is 2.27. The third-order valence-corrected chi connectivity index (χ3v) is 5.73. The van der Waals surface area contributed by atoms with E-state index >= 15 is 0 Å². The lowest BCUT2D eigenvalue weighted by atomic mass is 9.94. The summed E-state index contributed by atoms with van der Waals surface area (Å²) in [6, 6.07) is 0.527. The Morgan fingerprint density at radius 2 is 2.25 bits per heavy atom. The number of nitrogens with one attached hydrogen (secondary N) is 1. The number of hydrogen-bond donors (Lipinski definition) is 1. The molecule has 1 aliphatic heterocycles. The summed E-state index contributed by atoms with van der Waals surface area (Å²) < 4.78 is 2.09. The van der Waals surface area contributed by atoms with Crippen LogP contribution in [-0.4, -0.2) is 33.9 Å². The Kier molecular flexibility index (Phi) is 6.24. The molecule has 1 saturated heterocycles. The first kappa shape index (κ1) is 16.2. The molecule has 1 aromatic rings. The van der Waals surface area contributed by atoms with Gasteiger partial charge in [-0.1, -0.05) is 25.4 Å². The van der Waals surface area contributed by atoms with Crippen LogP contribution in [0.4, 0.5) is 0 Å². The van der Waals surface area contributed by atoms with Gasteiger partial charge in [-0.05, 0) is 43.7 Å². The Hall–Kier alpha value is -0.190. The number of rotatable bonds is 7. The summed E-state index contributed by atoms with van der Waals surface area (Å²) in [6.07, 6.45) is 3.23. The lowest BCUT2D eigenvalue weighted by molar-refractivity contribution is 0.378. The minimum atomic E-state index is 0.527. The van der Waals surface area contributed by atoms with Gasteiger partial charge in [-0.25, -0.2) is 0 Å². The van der Waals surface area contributed by atoms with E-state index in [4.69, 9.17) is 11.6 Å². The van der Waals surface area contributed by atoms with Crippen molar-refractivity contribution in [3.63, 3.8) is 0 Å². The molecule has 1 N–H and O–H groups in total. The number of nitrogens with zero attached hydrogens (tertiary/aromatic N) is 2. The molecule has 20 heavy (non-hydrogen) atoms. The predicted molar refractivity (Wildman–Crippen MR) is 88.9 cm³/mol. The molecule has 5 heteroatoms. The molecule has 1 aliphatic rings. The van der Waals surface area contributed by atoms with E-state index in [2.05, 4.69) is 47.6 Å². The van der Waals surface area contributed by atoms with E-state index in [1.165, 1.54) is 23.6 Å². The van der Waals surface area contributed by atoms with E-state index in [1.807, 2.05) is 0 Å². The van der Waals surface area contributed by atoms with E-state index in [9.17, 15) is 0 Å². The molecule has 2 heterocycles. The molecule has 114 valence electrons. The Labute approximate surface area is 131 Å². The van der Waals surface area contributed by atoms with Gasteiger partial charge in [0.15, 0.2) is 0 Å². The lowest BCUT2D eigenvalue weighted by Gasteiger charge is -2.24. The fourth-order valence-corrected chi connectivity index (χ4v) is 4.64. The summed E-state index contributed by atoms with van der Waals surface area (Å²) in [5, 5.41) is 9.20. The SMILES string of the molecule is CCNC(Cc1c(Cl)c(CC)nn1CC)C1CCSC1. The average molecular weight is 316 g/mol. The summed E-state index contributed by atoms with van der Waals surface area (Å²) in [7, 11) is 0. The average Bonchev–Trinajstić information content (AvgIpc) is 3.07. The van der Waals surface area contributed by atoms with Gasteiger partial charge in [0.05, 0.1) is 16.4 Å². The van der Waals surface area contributed by atoms with Crippen LogP contribution in [0.1, 0.15) is 38.6 Å². The first-order valence-electron chi connectivity index (χ1n) is 7.76. The molecule has 0 aliphatic carbocycles. The molecule has 0 aromatic carbocycles. The summed E-state index contributed by atoms with van der Waals surface area (Å²) in [5.41, 5.74) is 2.26. The molecule has 2 rings (SSSR count). The van der Waals surface area contributed by atoms with E-state index in [-0.39, 0.29) is 0 Å². The van der Waals surface area contributed by atoms with E-state index in [1.54, 1.807) is 0 Å². The number of halogens is 1. The van der Waals surface area contributed by atoms with Crippen molar-refractivity contribution < 1.29 is 0 Å². The quantitative estimate of drug-likeness (QED) is 0.836. The zero-order valence-corrected chi connectivity index (χ0v) is 14.4. The van der Waals surface area contributed by atoms with Crippen LogP contribution in [0.15, 0.2) is 0 Å².